The van der Waals surface area contributed by atoms with Gasteiger partial charge < -0.3 is 4.74 Å². The van der Waals surface area contributed by atoms with E-state index in [0.717, 1.165) is 0 Å². The third kappa shape index (κ3) is 2.18. The van der Waals surface area contributed by atoms with E-state index in [-0.39, 0.29) is 5.69 Å². The Morgan fingerprint density at radius 2 is 2.31 bits per heavy atom. The lowest BCUT2D eigenvalue weighted by Crippen LogP contribution is -1.95. The first-order valence-electron chi connectivity index (χ1n) is 3.88. The van der Waals surface area contributed by atoms with Crippen LogP contribution in [0.2, 0.25) is 0 Å². The molecule has 0 aliphatic heterocycles. The molecule has 0 bridgehead atoms. The largest absolute Gasteiger partial charge is 0.494 e. The fourth-order valence-corrected chi connectivity index (χ4v) is 0.996. The van der Waals surface area contributed by atoms with Gasteiger partial charge in [-0.1, -0.05) is 0 Å². The molecule has 69 valence electrons. The van der Waals surface area contributed by atoms with Crippen molar-refractivity contribution in [1.29, 1.82) is 0 Å². The quantitative estimate of drug-likeness (QED) is 0.529. The van der Waals surface area contributed by atoms with Crippen molar-refractivity contribution in [2.45, 2.75) is 6.92 Å². The Kier molecular flexibility index (Phi) is 2.84. The highest BCUT2D eigenvalue weighted by molar-refractivity contribution is 5.46. The lowest BCUT2D eigenvalue weighted by Gasteiger charge is -2.03. The molecule has 0 heterocycles. The van der Waals surface area contributed by atoms with Crippen LogP contribution in [0.3, 0.4) is 0 Å². The van der Waals surface area contributed by atoms with Gasteiger partial charge in [0.05, 0.1) is 11.5 Å². The topological polar surface area (TPSA) is 52.4 Å². The third-order valence-electron chi connectivity index (χ3n) is 1.56. The molecular weight excluding hydrogens is 170 g/mol. The first-order chi connectivity index (χ1) is 6.15. The molecule has 1 rings (SSSR count). The van der Waals surface area contributed by atoms with Gasteiger partial charge in [0.2, 0.25) is 0 Å². The maximum absolute atomic E-state index is 10.4. The minimum atomic E-state index is -0.460. The Bertz CT molecular complexity index is 323. The van der Waals surface area contributed by atoms with Crippen molar-refractivity contribution in [2.24, 2.45) is 0 Å². The van der Waals surface area contributed by atoms with E-state index in [2.05, 4.69) is 6.92 Å². The monoisotopic (exact) mass is 180 g/mol. The van der Waals surface area contributed by atoms with Gasteiger partial charge in [0.15, 0.2) is 0 Å². The molecule has 0 saturated heterocycles. The van der Waals surface area contributed by atoms with E-state index in [1.807, 2.05) is 6.92 Å². The van der Waals surface area contributed by atoms with E-state index in [1.165, 1.54) is 6.07 Å². The predicted octanol–water partition coefficient (Wildman–Crippen LogP) is 2.18. The van der Waals surface area contributed by atoms with E-state index < -0.39 is 4.92 Å². The average molecular weight is 180 g/mol. The van der Waals surface area contributed by atoms with Crippen LogP contribution in [0.15, 0.2) is 18.2 Å². The minimum absolute atomic E-state index is 0.0171. The average Bonchev–Trinajstić information content (AvgIpc) is 2.04. The number of nitrogens with zero attached hydrogens (tertiary/aromatic N) is 1. The fraction of sp³-hybridized carbons (Fsp3) is 0.222. The number of nitro benzene ring substituents is 1. The molecule has 4 heteroatoms. The SMILES string of the molecule is [CH2]c1cc(OCC)ccc1[N+](=O)[O-]. The van der Waals surface area contributed by atoms with Crippen molar-refractivity contribution in [3.05, 3.63) is 40.8 Å². The highest BCUT2D eigenvalue weighted by Crippen LogP contribution is 2.22. The standard InChI is InChI=1S/C9H10NO3/c1-3-13-8-4-5-9(10(11)12)7(2)6-8/h4-6H,2-3H2,1H3. The molecule has 0 N–H and O–H groups in total. The molecule has 0 saturated carbocycles. The Labute approximate surface area is 76.3 Å². The maximum Gasteiger partial charge on any atom is 0.272 e. The summed E-state index contributed by atoms with van der Waals surface area (Å²) >= 11 is 0. The third-order valence-corrected chi connectivity index (χ3v) is 1.56. The highest BCUT2D eigenvalue weighted by atomic mass is 16.6. The van der Waals surface area contributed by atoms with E-state index >= 15 is 0 Å². The second kappa shape index (κ2) is 3.89. The highest BCUT2D eigenvalue weighted by Gasteiger charge is 2.09. The van der Waals surface area contributed by atoms with Gasteiger partial charge in [-0.05, 0) is 26.0 Å². The van der Waals surface area contributed by atoms with Gasteiger partial charge in [-0.2, -0.15) is 0 Å². The summed E-state index contributed by atoms with van der Waals surface area (Å²) in [6, 6.07) is 4.52. The van der Waals surface area contributed by atoms with Crippen molar-refractivity contribution < 1.29 is 9.66 Å². The van der Waals surface area contributed by atoms with Crippen molar-refractivity contribution in [3.63, 3.8) is 0 Å². The molecule has 4 nitrogen and oxygen atoms in total. The summed E-state index contributed by atoms with van der Waals surface area (Å²) in [5.41, 5.74) is 0.388. The molecule has 0 unspecified atom stereocenters. The normalized spacial score (nSPS) is 9.69. The van der Waals surface area contributed by atoms with Crippen LogP contribution in [0, 0.1) is 17.0 Å². The lowest BCUT2D eigenvalue weighted by atomic mass is 10.2. The number of hydrogen-bond acceptors (Lipinski definition) is 3. The number of nitro groups is 1. The summed E-state index contributed by atoms with van der Waals surface area (Å²) in [6.45, 7) is 5.95. The zero-order valence-corrected chi connectivity index (χ0v) is 7.32. The minimum Gasteiger partial charge on any atom is -0.494 e. The van der Waals surface area contributed by atoms with Crippen LogP contribution >= 0.6 is 0 Å². The van der Waals surface area contributed by atoms with E-state index in [0.29, 0.717) is 17.9 Å². The maximum atomic E-state index is 10.4. The number of hydrogen-bond donors (Lipinski definition) is 0. The van der Waals surface area contributed by atoms with E-state index in [9.17, 15) is 10.1 Å². The lowest BCUT2D eigenvalue weighted by molar-refractivity contribution is -0.385. The van der Waals surface area contributed by atoms with Crippen molar-refractivity contribution in [1.82, 2.24) is 0 Å². The van der Waals surface area contributed by atoms with Gasteiger partial charge in [0.1, 0.15) is 5.75 Å². The van der Waals surface area contributed by atoms with Crippen LogP contribution in [0.4, 0.5) is 5.69 Å². The summed E-state index contributed by atoms with van der Waals surface area (Å²) in [5.74, 6) is 0.609. The van der Waals surface area contributed by atoms with E-state index in [4.69, 9.17) is 4.74 Å². The number of rotatable bonds is 3. The van der Waals surface area contributed by atoms with Crippen LogP contribution in [-0.2, 0) is 0 Å². The molecule has 0 spiro atoms. The molecule has 0 fully saturated rings. The molecule has 0 atom stereocenters. The Morgan fingerprint density at radius 3 is 2.77 bits per heavy atom. The summed E-state index contributed by atoms with van der Waals surface area (Å²) in [7, 11) is 0. The van der Waals surface area contributed by atoms with Gasteiger partial charge >= 0.3 is 0 Å². The first kappa shape index (κ1) is 9.51. The molecule has 13 heavy (non-hydrogen) atoms. The molecule has 0 amide bonds. The molecular formula is C9H10NO3. The smallest absolute Gasteiger partial charge is 0.272 e. The van der Waals surface area contributed by atoms with Crippen LogP contribution < -0.4 is 4.74 Å². The molecule has 1 aromatic carbocycles. The Hall–Kier alpha value is -1.58. The van der Waals surface area contributed by atoms with Gasteiger partial charge in [0.25, 0.3) is 5.69 Å². The molecule has 0 aliphatic carbocycles. The van der Waals surface area contributed by atoms with Crippen LogP contribution in [0.1, 0.15) is 12.5 Å². The van der Waals surface area contributed by atoms with Crippen molar-refractivity contribution in [3.8, 4) is 5.75 Å². The van der Waals surface area contributed by atoms with Gasteiger partial charge in [0, 0.05) is 11.6 Å². The van der Waals surface area contributed by atoms with Gasteiger partial charge in [-0.15, -0.1) is 0 Å². The summed E-state index contributed by atoms with van der Waals surface area (Å²) < 4.78 is 5.16. The van der Waals surface area contributed by atoms with E-state index in [1.54, 1.807) is 12.1 Å². The first-order valence-corrected chi connectivity index (χ1v) is 3.88. The Morgan fingerprint density at radius 1 is 1.62 bits per heavy atom. The van der Waals surface area contributed by atoms with Gasteiger partial charge in [-0.25, -0.2) is 0 Å². The van der Waals surface area contributed by atoms with Crippen LogP contribution in [-0.4, -0.2) is 11.5 Å². The van der Waals surface area contributed by atoms with Crippen molar-refractivity contribution >= 4 is 5.69 Å². The summed E-state index contributed by atoms with van der Waals surface area (Å²) in [6.07, 6.45) is 0. The number of ether oxygens (including phenoxy) is 1. The fourth-order valence-electron chi connectivity index (χ4n) is 0.996. The zero-order chi connectivity index (χ0) is 9.84. The van der Waals surface area contributed by atoms with Crippen molar-refractivity contribution in [2.75, 3.05) is 6.61 Å². The second-order valence-electron chi connectivity index (χ2n) is 2.48. The molecule has 1 aromatic rings. The van der Waals surface area contributed by atoms with Crippen LogP contribution in [0.5, 0.6) is 5.75 Å². The molecule has 0 aliphatic rings. The molecule has 0 aromatic heterocycles. The summed E-state index contributed by atoms with van der Waals surface area (Å²) in [5, 5.41) is 10.4. The molecule has 1 radical (unpaired) electrons. The predicted molar refractivity (Wildman–Crippen MR) is 48.7 cm³/mol. The van der Waals surface area contributed by atoms with Crippen LogP contribution in [0.25, 0.3) is 0 Å². The second-order valence-corrected chi connectivity index (χ2v) is 2.48. The summed E-state index contributed by atoms with van der Waals surface area (Å²) in [4.78, 5) is 9.96. The van der Waals surface area contributed by atoms with Gasteiger partial charge in [-0.3, -0.25) is 10.1 Å². The zero-order valence-electron chi connectivity index (χ0n) is 7.32. The Balaban J connectivity index is 2.98. The number of benzene rings is 1.